The molecule has 0 aliphatic rings. The van der Waals surface area contributed by atoms with E-state index < -0.39 is 17.7 Å². The number of fused-ring (bicyclic) bond motifs is 1. The lowest BCUT2D eigenvalue weighted by Crippen LogP contribution is -2.50. The molecule has 0 aliphatic carbocycles. The van der Waals surface area contributed by atoms with E-state index in [4.69, 9.17) is 4.74 Å². The van der Waals surface area contributed by atoms with Crippen LogP contribution in [0.5, 0.6) is 0 Å². The number of rotatable bonds is 8. The molecule has 0 spiro atoms. The number of benzene rings is 3. The number of nitrogens with one attached hydrogen (secondary N) is 2. The van der Waals surface area contributed by atoms with Gasteiger partial charge < -0.3 is 20.3 Å². The molecule has 3 aromatic carbocycles. The first-order valence-electron chi connectivity index (χ1n) is 13.0. The van der Waals surface area contributed by atoms with Crippen molar-refractivity contribution in [1.82, 2.24) is 10.2 Å². The van der Waals surface area contributed by atoms with Crippen molar-refractivity contribution in [1.29, 1.82) is 0 Å². The second-order valence-corrected chi connectivity index (χ2v) is 10.7. The van der Waals surface area contributed by atoms with Crippen LogP contribution in [0, 0.1) is 13.8 Å². The van der Waals surface area contributed by atoms with Crippen molar-refractivity contribution in [2.45, 2.75) is 72.6 Å². The van der Waals surface area contributed by atoms with Crippen LogP contribution in [-0.4, -0.2) is 41.0 Å². The number of ether oxygens (including phenoxy) is 1. The Morgan fingerprint density at radius 1 is 0.947 bits per heavy atom. The summed E-state index contributed by atoms with van der Waals surface area (Å²) in [4.78, 5) is 41.5. The number of hydrogen-bond acceptors (Lipinski definition) is 4. The summed E-state index contributed by atoms with van der Waals surface area (Å²) in [6.45, 7) is 12.8. The molecule has 3 amide bonds. The Labute approximate surface area is 225 Å². The molecule has 0 aromatic heterocycles. The summed E-state index contributed by atoms with van der Waals surface area (Å²) < 4.78 is 5.30. The van der Waals surface area contributed by atoms with Gasteiger partial charge in [-0.1, -0.05) is 61.0 Å². The predicted octanol–water partition coefficient (Wildman–Crippen LogP) is 6.29. The molecule has 0 fully saturated rings. The zero-order chi connectivity index (χ0) is 28.0. The Kier molecular flexibility index (Phi) is 9.15. The number of nitrogens with zero attached hydrogens (tertiary/aromatic N) is 1. The summed E-state index contributed by atoms with van der Waals surface area (Å²) in [6, 6.07) is 18.4. The predicted molar refractivity (Wildman–Crippen MR) is 152 cm³/mol. The van der Waals surface area contributed by atoms with E-state index in [9.17, 15) is 14.4 Å². The van der Waals surface area contributed by atoms with Crippen LogP contribution < -0.4 is 10.6 Å². The van der Waals surface area contributed by atoms with Crippen molar-refractivity contribution in [2.24, 2.45) is 0 Å². The highest BCUT2D eigenvalue weighted by atomic mass is 16.6. The van der Waals surface area contributed by atoms with Crippen molar-refractivity contribution in [3.05, 3.63) is 77.4 Å². The number of alkyl carbamates (subject to hydrolysis) is 1. The lowest BCUT2D eigenvalue weighted by atomic mass is 9.95. The number of aryl methyl sites for hydroxylation is 2. The summed E-state index contributed by atoms with van der Waals surface area (Å²) in [5.74, 6) is -0.690. The molecular weight excluding hydrogens is 478 g/mol. The first kappa shape index (κ1) is 28.7. The monoisotopic (exact) mass is 517 g/mol. The smallest absolute Gasteiger partial charge is 0.408 e. The average Bonchev–Trinajstić information content (AvgIpc) is 2.85. The molecular formula is C31H39N3O4. The molecule has 0 saturated heterocycles. The topological polar surface area (TPSA) is 87.7 Å². The van der Waals surface area contributed by atoms with Gasteiger partial charge in [-0.05, 0) is 82.0 Å². The lowest BCUT2D eigenvalue weighted by Gasteiger charge is -2.36. The molecule has 2 unspecified atom stereocenters. The highest BCUT2D eigenvalue weighted by Crippen LogP contribution is 2.30. The number of anilines is 1. The van der Waals surface area contributed by atoms with Gasteiger partial charge in [0.05, 0.1) is 0 Å². The Morgan fingerprint density at radius 3 is 2.29 bits per heavy atom. The Balaban J connectivity index is 1.98. The molecule has 7 nitrogen and oxygen atoms in total. The highest BCUT2D eigenvalue weighted by molar-refractivity contribution is 6.00. The van der Waals surface area contributed by atoms with Crippen molar-refractivity contribution in [3.63, 3.8) is 0 Å². The summed E-state index contributed by atoms with van der Waals surface area (Å²) in [6.07, 6.45) is -0.0538. The molecule has 0 aliphatic heterocycles. The molecule has 202 valence electrons. The van der Waals surface area contributed by atoms with E-state index in [1.54, 1.807) is 25.7 Å². The third-order valence-electron chi connectivity index (χ3n) is 6.41. The number of carbonyl (C=O) groups excluding carboxylic acids is 3. The van der Waals surface area contributed by atoms with E-state index in [0.717, 1.165) is 27.5 Å². The molecule has 3 rings (SSSR count). The minimum absolute atomic E-state index is 0.268. The van der Waals surface area contributed by atoms with E-state index in [-0.39, 0.29) is 24.4 Å². The van der Waals surface area contributed by atoms with E-state index in [1.165, 1.54) is 0 Å². The van der Waals surface area contributed by atoms with Crippen LogP contribution in [0.15, 0.2) is 60.7 Å². The zero-order valence-corrected chi connectivity index (χ0v) is 23.4. The van der Waals surface area contributed by atoms with Crippen LogP contribution in [0.4, 0.5) is 10.5 Å². The van der Waals surface area contributed by atoms with Crippen molar-refractivity contribution in [2.75, 3.05) is 11.9 Å². The summed E-state index contributed by atoms with van der Waals surface area (Å²) in [5, 5.41) is 7.68. The summed E-state index contributed by atoms with van der Waals surface area (Å²) in [5.41, 5.74) is 2.58. The maximum atomic E-state index is 14.0. The number of amides is 3. The fourth-order valence-electron chi connectivity index (χ4n) is 4.34. The van der Waals surface area contributed by atoms with E-state index >= 15 is 0 Å². The van der Waals surface area contributed by atoms with Gasteiger partial charge in [0.1, 0.15) is 18.2 Å². The largest absolute Gasteiger partial charge is 0.444 e. The molecule has 0 saturated carbocycles. The van der Waals surface area contributed by atoms with Gasteiger partial charge in [-0.2, -0.15) is 0 Å². The quantitative estimate of drug-likeness (QED) is 0.368. The van der Waals surface area contributed by atoms with Crippen LogP contribution in [-0.2, 0) is 14.3 Å². The molecule has 2 N–H and O–H groups in total. The third-order valence-corrected chi connectivity index (χ3v) is 6.41. The van der Waals surface area contributed by atoms with Crippen molar-refractivity contribution in [3.8, 4) is 0 Å². The fourth-order valence-corrected chi connectivity index (χ4v) is 4.34. The Hall–Kier alpha value is -3.87. The first-order chi connectivity index (χ1) is 17.9. The van der Waals surface area contributed by atoms with Gasteiger partial charge >= 0.3 is 6.09 Å². The van der Waals surface area contributed by atoms with Gasteiger partial charge in [0.2, 0.25) is 5.91 Å². The van der Waals surface area contributed by atoms with Gasteiger partial charge in [-0.25, -0.2) is 4.79 Å². The minimum atomic E-state index is -0.899. The average molecular weight is 518 g/mol. The standard InChI is InChI=1S/C31H39N3O4/c1-8-22(4)34(27(35)19-32-30(37)38-31(5,6)7)28(26-17-20(2)13-14-21(26)3)29(36)33-25-16-15-23-11-9-10-12-24(23)18-25/h9-18,22,28H,8,19H2,1-7H3,(H,32,37)(H,33,36). The van der Waals surface area contributed by atoms with Gasteiger partial charge in [-0.3, -0.25) is 9.59 Å². The van der Waals surface area contributed by atoms with Crippen molar-refractivity contribution >= 4 is 34.4 Å². The summed E-state index contributed by atoms with van der Waals surface area (Å²) >= 11 is 0. The molecule has 0 heterocycles. The number of hydrogen-bond donors (Lipinski definition) is 2. The maximum Gasteiger partial charge on any atom is 0.408 e. The first-order valence-corrected chi connectivity index (χ1v) is 13.0. The zero-order valence-electron chi connectivity index (χ0n) is 23.4. The van der Waals surface area contributed by atoms with Crippen LogP contribution in [0.2, 0.25) is 0 Å². The second kappa shape index (κ2) is 12.1. The maximum absolute atomic E-state index is 14.0. The molecule has 7 heteroatoms. The third kappa shape index (κ3) is 7.34. The van der Waals surface area contributed by atoms with Gasteiger partial charge in [-0.15, -0.1) is 0 Å². The van der Waals surface area contributed by atoms with E-state index in [0.29, 0.717) is 12.1 Å². The molecule has 38 heavy (non-hydrogen) atoms. The minimum Gasteiger partial charge on any atom is -0.444 e. The van der Waals surface area contributed by atoms with Crippen LogP contribution in [0.1, 0.15) is 63.8 Å². The Bertz CT molecular complexity index is 1310. The van der Waals surface area contributed by atoms with Crippen LogP contribution in [0.3, 0.4) is 0 Å². The highest BCUT2D eigenvalue weighted by Gasteiger charge is 2.35. The van der Waals surface area contributed by atoms with Crippen LogP contribution >= 0.6 is 0 Å². The van der Waals surface area contributed by atoms with E-state index in [1.807, 2.05) is 88.4 Å². The molecule has 0 radical (unpaired) electrons. The van der Waals surface area contributed by atoms with Crippen molar-refractivity contribution < 1.29 is 19.1 Å². The van der Waals surface area contributed by atoms with Gasteiger partial charge in [0.15, 0.2) is 0 Å². The van der Waals surface area contributed by atoms with Gasteiger partial charge in [0, 0.05) is 11.7 Å². The fraction of sp³-hybridized carbons (Fsp3) is 0.387. The molecule has 2 atom stereocenters. The molecule has 0 bridgehead atoms. The van der Waals surface area contributed by atoms with Crippen LogP contribution in [0.25, 0.3) is 10.8 Å². The second-order valence-electron chi connectivity index (χ2n) is 10.7. The SMILES string of the molecule is CCC(C)N(C(=O)CNC(=O)OC(C)(C)C)C(C(=O)Nc1ccc2ccccc2c1)c1cc(C)ccc1C. The normalized spacial score (nSPS) is 12.9. The van der Waals surface area contributed by atoms with Gasteiger partial charge in [0.25, 0.3) is 5.91 Å². The molecule has 3 aromatic rings. The summed E-state index contributed by atoms with van der Waals surface area (Å²) in [7, 11) is 0. The number of carbonyl (C=O) groups is 3. The van der Waals surface area contributed by atoms with E-state index in [2.05, 4.69) is 10.6 Å². The lowest BCUT2D eigenvalue weighted by molar-refractivity contribution is -0.140. The Morgan fingerprint density at radius 2 is 1.63 bits per heavy atom.